The number of nitrogens with two attached hydrogens (primary N) is 1. The van der Waals surface area contributed by atoms with Crippen molar-refractivity contribution in [3.63, 3.8) is 0 Å². The van der Waals surface area contributed by atoms with Crippen LogP contribution in [0.15, 0.2) is 0 Å². The predicted octanol–water partition coefficient (Wildman–Crippen LogP) is 1.22. The first-order valence-corrected chi connectivity index (χ1v) is 8.53. The highest BCUT2D eigenvalue weighted by Crippen LogP contribution is 2.29. The Hall–Kier alpha value is -0.160. The minimum Gasteiger partial charge on any atom is -0.329 e. The first-order valence-electron chi connectivity index (χ1n) is 8.53. The Morgan fingerprint density at radius 1 is 1.00 bits per heavy atom. The van der Waals surface area contributed by atoms with Gasteiger partial charge in [-0.3, -0.25) is 9.80 Å². The van der Waals surface area contributed by atoms with Crippen LogP contribution in [0.2, 0.25) is 0 Å². The van der Waals surface area contributed by atoms with Crippen LogP contribution in [0.1, 0.15) is 40.0 Å². The predicted molar refractivity (Wildman–Crippen MR) is 86.0 cm³/mol. The number of likely N-dealkylation sites (tertiary alicyclic amines) is 1. The first kappa shape index (κ1) is 16.2. The average molecular weight is 282 g/mol. The highest BCUT2D eigenvalue weighted by Gasteiger charge is 2.39. The van der Waals surface area contributed by atoms with E-state index in [1.807, 2.05) is 0 Å². The van der Waals surface area contributed by atoms with E-state index in [1.54, 1.807) is 0 Å². The molecular weight excluding hydrogens is 248 g/mol. The fraction of sp³-hybridized carbons (Fsp3) is 1.00. The molecule has 2 saturated heterocycles. The van der Waals surface area contributed by atoms with E-state index in [0.29, 0.717) is 6.04 Å². The van der Waals surface area contributed by atoms with Crippen LogP contribution in [0, 0.1) is 0 Å². The van der Waals surface area contributed by atoms with Crippen molar-refractivity contribution in [1.82, 2.24) is 14.7 Å². The summed E-state index contributed by atoms with van der Waals surface area (Å²) in [4.78, 5) is 7.90. The number of hydrogen-bond donors (Lipinski definition) is 1. The van der Waals surface area contributed by atoms with E-state index in [0.717, 1.165) is 6.54 Å². The van der Waals surface area contributed by atoms with Gasteiger partial charge in [0.15, 0.2) is 0 Å². The van der Waals surface area contributed by atoms with Crippen molar-refractivity contribution in [3.8, 4) is 0 Å². The lowest BCUT2D eigenvalue weighted by molar-refractivity contribution is -0.0114. The molecule has 20 heavy (non-hydrogen) atoms. The number of nitrogens with zero attached hydrogens (tertiary/aromatic N) is 3. The Morgan fingerprint density at radius 2 is 1.60 bits per heavy atom. The summed E-state index contributed by atoms with van der Waals surface area (Å²) in [7, 11) is 0. The van der Waals surface area contributed by atoms with Crippen molar-refractivity contribution >= 4 is 0 Å². The number of rotatable bonds is 5. The van der Waals surface area contributed by atoms with Crippen molar-refractivity contribution in [2.75, 3.05) is 52.4 Å². The minimum atomic E-state index is 0.285. The molecule has 0 spiro atoms. The maximum absolute atomic E-state index is 6.21. The first-order chi connectivity index (χ1) is 9.61. The molecule has 0 saturated carbocycles. The van der Waals surface area contributed by atoms with Gasteiger partial charge in [-0.25, -0.2) is 0 Å². The van der Waals surface area contributed by atoms with E-state index in [9.17, 15) is 0 Å². The third kappa shape index (κ3) is 3.53. The lowest BCUT2D eigenvalue weighted by Crippen LogP contribution is -2.64. The average Bonchev–Trinajstić information content (AvgIpc) is 2.49. The molecule has 4 heteroatoms. The van der Waals surface area contributed by atoms with Gasteiger partial charge in [-0.1, -0.05) is 6.92 Å². The molecule has 0 bridgehead atoms. The molecule has 0 aliphatic carbocycles. The lowest BCUT2D eigenvalue weighted by Gasteiger charge is -2.51. The molecule has 2 fully saturated rings. The number of piperazine rings is 1. The molecule has 0 radical (unpaired) electrons. The van der Waals surface area contributed by atoms with Gasteiger partial charge in [-0.15, -0.1) is 0 Å². The van der Waals surface area contributed by atoms with Crippen LogP contribution in [-0.2, 0) is 0 Å². The van der Waals surface area contributed by atoms with E-state index in [-0.39, 0.29) is 5.54 Å². The lowest BCUT2D eigenvalue weighted by atomic mass is 9.85. The summed E-state index contributed by atoms with van der Waals surface area (Å²) < 4.78 is 0. The van der Waals surface area contributed by atoms with Gasteiger partial charge < -0.3 is 10.6 Å². The van der Waals surface area contributed by atoms with Gasteiger partial charge in [0.1, 0.15) is 0 Å². The molecule has 0 amide bonds. The summed E-state index contributed by atoms with van der Waals surface area (Å²) in [5.74, 6) is 0. The van der Waals surface area contributed by atoms with E-state index >= 15 is 0 Å². The molecule has 2 heterocycles. The second-order valence-corrected chi connectivity index (χ2v) is 6.89. The largest absolute Gasteiger partial charge is 0.329 e. The van der Waals surface area contributed by atoms with Crippen molar-refractivity contribution in [2.24, 2.45) is 5.73 Å². The van der Waals surface area contributed by atoms with Gasteiger partial charge in [-0.2, -0.15) is 0 Å². The summed E-state index contributed by atoms with van der Waals surface area (Å²) >= 11 is 0. The molecule has 2 aliphatic rings. The Bertz CT molecular complexity index is 276. The zero-order valence-electron chi connectivity index (χ0n) is 13.8. The molecule has 0 unspecified atom stereocenters. The van der Waals surface area contributed by atoms with E-state index in [4.69, 9.17) is 5.73 Å². The molecular formula is C16H34N4. The monoisotopic (exact) mass is 282 g/mol. The van der Waals surface area contributed by atoms with Crippen molar-refractivity contribution < 1.29 is 0 Å². The van der Waals surface area contributed by atoms with Crippen molar-refractivity contribution in [2.45, 2.75) is 51.6 Å². The Balaban J connectivity index is 1.89. The second kappa shape index (κ2) is 7.21. The fourth-order valence-corrected chi connectivity index (χ4v) is 3.87. The molecule has 0 atom stereocenters. The molecule has 0 aromatic rings. The maximum atomic E-state index is 6.21. The Kier molecular flexibility index (Phi) is 5.84. The molecule has 4 nitrogen and oxygen atoms in total. The number of piperidine rings is 1. The van der Waals surface area contributed by atoms with Gasteiger partial charge >= 0.3 is 0 Å². The normalized spacial score (nSPS) is 26.2. The Morgan fingerprint density at radius 3 is 2.05 bits per heavy atom. The van der Waals surface area contributed by atoms with Crippen LogP contribution < -0.4 is 5.73 Å². The van der Waals surface area contributed by atoms with Crippen LogP contribution in [0.5, 0.6) is 0 Å². The third-order valence-corrected chi connectivity index (χ3v) is 5.42. The smallest absolute Gasteiger partial charge is 0.0357 e. The van der Waals surface area contributed by atoms with Crippen LogP contribution >= 0.6 is 0 Å². The highest BCUT2D eigenvalue weighted by atomic mass is 15.3. The topological polar surface area (TPSA) is 35.7 Å². The highest BCUT2D eigenvalue weighted by molar-refractivity contribution is 4.98. The summed E-state index contributed by atoms with van der Waals surface area (Å²) in [6.45, 7) is 16.2. The van der Waals surface area contributed by atoms with Gasteiger partial charge in [0.2, 0.25) is 0 Å². The molecule has 0 aromatic carbocycles. The van der Waals surface area contributed by atoms with Crippen LogP contribution in [0.25, 0.3) is 0 Å². The van der Waals surface area contributed by atoms with Gasteiger partial charge in [-0.05, 0) is 52.7 Å². The summed E-state index contributed by atoms with van der Waals surface area (Å²) in [5.41, 5.74) is 6.49. The van der Waals surface area contributed by atoms with E-state index in [1.165, 1.54) is 65.1 Å². The van der Waals surface area contributed by atoms with E-state index in [2.05, 4.69) is 35.5 Å². The van der Waals surface area contributed by atoms with Crippen molar-refractivity contribution in [3.05, 3.63) is 0 Å². The van der Waals surface area contributed by atoms with Gasteiger partial charge in [0.25, 0.3) is 0 Å². The van der Waals surface area contributed by atoms with Crippen molar-refractivity contribution in [1.29, 1.82) is 0 Å². The molecule has 2 aliphatic heterocycles. The van der Waals surface area contributed by atoms with Gasteiger partial charge in [0.05, 0.1) is 0 Å². The molecule has 2 rings (SSSR count). The van der Waals surface area contributed by atoms with Crippen LogP contribution in [0.4, 0.5) is 0 Å². The van der Waals surface area contributed by atoms with Crippen LogP contribution in [0.3, 0.4) is 0 Å². The Labute approximate surface area is 125 Å². The standard InChI is InChI=1S/C16H34N4/c1-4-7-18-8-5-16(14-17,6-9-18)20-12-10-19(11-13-20)15(2)3/h15H,4-14,17H2,1-3H3. The van der Waals surface area contributed by atoms with E-state index < -0.39 is 0 Å². The molecule has 0 aromatic heterocycles. The summed E-state index contributed by atoms with van der Waals surface area (Å²) in [6.07, 6.45) is 3.78. The third-order valence-electron chi connectivity index (χ3n) is 5.42. The van der Waals surface area contributed by atoms with Crippen LogP contribution in [-0.4, -0.2) is 78.6 Å². The zero-order chi connectivity index (χ0) is 14.6. The zero-order valence-corrected chi connectivity index (χ0v) is 13.8. The molecule has 2 N–H and O–H groups in total. The minimum absolute atomic E-state index is 0.285. The van der Waals surface area contributed by atoms with Gasteiger partial charge in [0, 0.05) is 44.3 Å². The maximum Gasteiger partial charge on any atom is 0.0357 e. The quantitative estimate of drug-likeness (QED) is 0.822. The number of hydrogen-bond acceptors (Lipinski definition) is 4. The SMILES string of the molecule is CCCN1CCC(CN)(N2CCN(C(C)C)CC2)CC1. The molecule has 118 valence electrons. The summed E-state index contributed by atoms with van der Waals surface area (Å²) in [6, 6.07) is 0.678. The fourth-order valence-electron chi connectivity index (χ4n) is 3.87. The second-order valence-electron chi connectivity index (χ2n) is 6.89. The summed E-state index contributed by atoms with van der Waals surface area (Å²) in [5, 5.41) is 0.